The minimum absolute atomic E-state index is 0.378. The first-order valence-corrected chi connectivity index (χ1v) is 5.50. The van der Waals surface area contributed by atoms with Crippen molar-refractivity contribution in [1.82, 2.24) is 0 Å². The molecule has 0 aliphatic carbocycles. The molecule has 0 spiro atoms. The fourth-order valence-corrected chi connectivity index (χ4v) is 1.87. The van der Waals surface area contributed by atoms with Crippen LogP contribution < -0.4 is 0 Å². The van der Waals surface area contributed by atoms with Crippen LogP contribution in [0, 0.1) is 13.8 Å². The summed E-state index contributed by atoms with van der Waals surface area (Å²) in [6.45, 7) is 4.24. The zero-order valence-corrected chi connectivity index (χ0v) is 9.70. The van der Waals surface area contributed by atoms with Crippen molar-refractivity contribution in [2.45, 2.75) is 20.3 Å². The largest absolute Gasteiger partial charge is 0.508 e. The molecular weight excluding hydrogens is 196 g/mol. The van der Waals surface area contributed by atoms with E-state index >= 15 is 0 Å². The van der Waals surface area contributed by atoms with Crippen molar-refractivity contribution in [1.29, 1.82) is 0 Å². The SMILES string of the molecule is Cc1cccc(Cc2ccccc2O)c1C. The van der Waals surface area contributed by atoms with E-state index in [0.717, 1.165) is 12.0 Å². The highest BCUT2D eigenvalue weighted by Gasteiger charge is 2.04. The highest BCUT2D eigenvalue weighted by molar-refractivity contribution is 5.41. The van der Waals surface area contributed by atoms with Gasteiger partial charge in [0.15, 0.2) is 0 Å². The maximum Gasteiger partial charge on any atom is 0.119 e. The Hall–Kier alpha value is -1.76. The van der Waals surface area contributed by atoms with Gasteiger partial charge in [-0.1, -0.05) is 36.4 Å². The molecule has 0 fully saturated rings. The van der Waals surface area contributed by atoms with Crippen LogP contribution in [0.1, 0.15) is 22.3 Å². The highest BCUT2D eigenvalue weighted by Crippen LogP contribution is 2.22. The first-order valence-electron chi connectivity index (χ1n) is 5.50. The van der Waals surface area contributed by atoms with Gasteiger partial charge >= 0.3 is 0 Å². The molecule has 1 nitrogen and oxygen atoms in total. The molecule has 2 rings (SSSR count). The summed E-state index contributed by atoms with van der Waals surface area (Å²) >= 11 is 0. The van der Waals surface area contributed by atoms with Gasteiger partial charge in [0.1, 0.15) is 5.75 Å². The molecule has 0 amide bonds. The number of phenols is 1. The maximum absolute atomic E-state index is 9.73. The van der Waals surface area contributed by atoms with E-state index in [1.165, 1.54) is 16.7 Å². The third-order valence-corrected chi connectivity index (χ3v) is 3.09. The number of rotatable bonds is 2. The molecule has 82 valence electrons. The van der Waals surface area contributed by atoms with Crippen LogP contribution in [0.25, 0.3) is 0 Å². The molecular formula is C15H16O. The third kappa shape index (κ3) is 2.08. The Bertz CT molecular complexity index is 501. The molecule has 0 aliphatic rings. The monoisotopic (exact) mass is 212 g/mol. The zero-order valence-electron chi connectivity index (χ0n) is 9.70. The minimum atomic E-state index is 0.378. The fraction of sp³-hybridized carbons (Fsp3) is 0.200. The topological polar surface area (TPSA) is 20.2 Å². The second-order valence-corrected chi connectivity index (χ2v) is 4.16. The van der Waals surface area contributed by atoms with Gasteiger partial charge in [-0.2, -0.15) is 0 Å². The summed E-state index contributed by atoms with van der Waals surface area (Å²) in [5.41, 5.74) is 4.87. The molecule has 16 heavy (non-hydrogen) atoms. The van der Waals surface area contributed by atoms with E-state index in [9.17, 15) is 5.11 Å². The average molecular weight is 212 g/mol. The van der Waals surface area contributed by atoms with E-state index in [-0.39, 0.29) is 0 Å². The van der Waals surface area contributed by atoms with Crippen LogP contribution in [0.2, 0.25) is 0 Å². The van der Waals surface area contributed by atoms with Crippen molar-refractivity contribution in [2.24, 2.45) is 0 Å². The predicted octanol–water partition coefficient (Wildman–Crippen LogP) is 3.60. The Morgan fingerprint density at radius 1 is 0.875 bits per heavy atom. The average Bonchev–Trinajstić information content (AvgIpc) is 2.28. The van der Waals surface area contributed by atoms with E-state index < -0.39 is 0 Å². The van der Waals surface area contributed by atoms with Crippen molar-refractivity contribution in [3.05, 3.63) is 64.7 Å². The Morgan fingerprint density at radius 2 is 1.56 bits per heavy atom. The molecule has 1 heteroatoms. The summed E-state index contributed by atoms with van der Waals surface area (Å²) in [6.07, 6.45) is 0.792. The van der Waals surface area contributed by atoms with E-state index in [1.54, 1.807) is 6.07 Å². The number of para-hydroxylation sites is 1. The van der Waals surface area contributed by atoms with Crippen LogP contribution >= 0.6 is 0 Å². The van der Waals surface area contributed by atoms with E-state index in [1.807, 2.05) is 18.2 Å². The second kappa shape index (κ2) is 4.40. The normalized spacial score (nSPS) is 10.4. The van der Waals surface area contributed by atoms with Crippen LogP contribution in [0.4, 0.5) is 0 Å². The van der Waals surface area contributed by atoms with Gasteiger partial charge in [-0.15, -0.1) is 0 Å². The number of hydrogen-bond acceptors (Lipinski definition) is 1. The lowest BCUT2D eigenvalue weighted by molar-refractivity contribution is 0.469. The lowest BCUT2D eigenvalue weighted by Gasteiger charge is -2.09. The molecule has 2 aromatic rings. The van der Waals surface area contributed by atoms with Gasteiger partial charge in [0, 0.05) is 6.42 Å². The molecule has 0 heterocycles. The summed E-state index contributed by atoms with van der Waals surface area (Å²) in [5.74, 6) is 0.378. The van der Waals surface area contributed by atoms with Crippen LogP contribution in [0.3, 0.4) is 0 Å². The van der Waals surface area contributed by atoms with Gasteiger partial charge in [0.25, 0.3) is 0 Å². The van der Waals surface area contributed by atoms with Crippen LogP contribution in [0.5, 0.6) is 5.75 Å². The van der Waals surface area contributed by atoms with E-state index in [0.29, 0.717) is 5.75 Å². The molecule has 0 saturated heterocycles. The highest BCUT2D eigenvalue weighted by atomic mass is 16.3. The Morgan fingerprint density at radius 3 is 2.31 bits per heavy atom. The van der Waals surface area contributed by atoms with Gasteiger partial charge < -0.3 is 5.11 Å². The molecule has 0 aliphatic heterocycles. The zero-order chi connectivity index (χ0) is 11.5. The summed E-state index contributed by atoms with van der Waals surface area (Å²) in [6, 6.07) is 13.8. The molecule has 0 unspecified atom stereocenters. The Labute approximate surface area is 96.4 Å². The van der Waals surface area contributed by atoms with Gasteiger partial charge in [-0.3, -0.25) is 0 Å². The van der Waals surface area contributed by atoms with Gasteiger partial charge in [0.05, 0.1) is 0 Å². The molecule has 0 bridgehead atoms. The molecule has 1 N–H and O–H groups in total. The van der Waals surface area contributed by atoms with E-state index in [2.05, 4.69) is 32.0 Å². The summed E-state index contributed by atoms with van der Waals surface area (Å²) in [4.78, 5) is 0. The lowest BCUT2D eigenvalue weighted by Crippen LogP contribution is -1.94. The van der Waals surface area contributed by atoms with Crippen LogP contribution in [-0.2, 0) is 6.42 Å². The number of aryl methyl sites for hydroxylation is 1. The predicted molar refractivity (Wildman–Crippen MR) is 66.8 cm³/mol. The molecule has 2 aromatic carbocycles. The van der Waals surface area contributed by atoms with Gasteiger partial charge in [-0.05, 0) is 42.2 Å². The summed E-state index contributed by atoms with van der Waals surface area (Å²) in [5, 5.41) is 9.73. The van der Waals surface area contributed by atoms with Crippen molar-refractivity contribution in [3.63, 3.8) is 0 Å². The number of aromatic hydroxyl groups is 1. The fourth-order valence-electron chi connectivity index (χ4n) is 1.87. The van der Waals surface area contributed by atoms with Gasteiger partial charge in [-0.25, -0.2) is 0 Å². The third-order valence-electron chi connectivity index (χ3n) is 3.09. The number of phenolic OH excluding ortho intramolecular Hbond substituents is 1. The Balaban J connectivity index is 2.35. The first-order chi connectivity index (χ1) is 7.68. The minimum Gasteiger partial charge on any atom is -0.508 e. The van der Waals surface area contributed by atoms with Crippen LogP contribution in [0.15, 0.2) is 42.5 Å². The standard InChI is InChI=1S/C15H16O/c1-11-6-5-8-13(12(11)2)10-14-7-3-4-9-15(14)16/h3-9,16H,10H2,1-2H3. The molecule has 0 atom stereocenters. The van der Waals surface area contributed by atoms with Crippen molar-refractivity contribution in [3.8, 4) is 5.75 Å². The van der Waals surface area contributed by atoms with Crippen molar-refractivity contribution < 1.29 is 5.11 Å². The first kappa shape index (κ1) is 10.7. The van der Waals surface area contributed by atoms with Gasteiger partial charge in [0.2, 0.25) is 0 Å². The summed E-state index contributed by atoms with van der Waals surface area (Å²) in [7, 11) is 0. The van der Waals surface area contributed by atoms with Crippen molar-refractivity contribution >= 4 is 0 Å². The molecule has 0 saturated carbocycles. The number of benzene rings is 2. The van der Waals surface area contributed by atoms with Crippen molar-refractivity contribution in [2.75, 3.05) is 0 Å². The molecule has 0 radical (unpaired) electrons. The smallest absolute Gasteiger partial charge is 0.119 e. The summed E-state index contributed by atoms with van der Waals surface area (Å²) < 4.78 is 0. The number of hydrogen-bond donors (Lipinski definition) is 1. The Kier molecular flexibility index (Phi) is 2.95. The lowest BCUT2D eigenvalue weighted by atomic mass is 9.97. The molecule has 0 aromatic heterocycles. The maximum atomic E-state index is 9.73. The second-order valence-electron chi connectivity index (χ2n) is 4.16. The van der Waals surface area contributed by atoms with E-state index in [4.69, 9.17) is 0 Å². The van der Waals surface area contributed by atoms with Crippen LogP contribution in [-0.4, -0.2) is 5.11 Å². The quantitative estimate of drug-likeness (QED) is 0.806.